The summed E-state index contributed by atoms with van der Waals surface area (Å²) in [6.45, 7) is 4.25. The first-order chi connectivity index (χ1) is 15.8. The number of Topliss-reactive ketones (excluding diaryl/α,β-unsaturated/α-hetero) is 1. The highest BCUT2D eigenvalue weighted by molar-refractivity contribution is 6.43. The summed E-state index contributed by atoms with van der Waals surface area (Å²) in [6.07, 6.45) is 3.04. The Kier molecular flexibility index (Phi) is 6.54. The molecule has 2 aromatic heterocycles. The van der Waals surface area contributed by atoms with Crippen LogP contribution in [-0.4, -0.2) is 34.8 Å². The maximum atomic E-state index is 13.4. The molecule has 2 unspecified atom stereocenters. The average Bonchev–Trinajstić information content (AvgIpc) is 3.05. The molecule has 1 amide bonds. The fourth-order valence-corrected chi connectivity index (χ4v) is 4.53. The van der Waals surface area contributed by atoms with Gasteiger partial charge in [-0.05, 0) is 37.6 Å². The largest absolute Gasteiger partial charge is 0.481 e. The van der Waals surface area contributed by atoms with Gasteiger partial charge in [0, 0.05) is 35.9 Å². The van der Waals surface area contributed by atoms with E-state index in [-0.39, 0.29) is 6.04 Å². The number of carbonyl (C=O) groups is 2. The van der Waals surface area contributed by atoms with Gasteiger partial charge in [-0.15, -0.1) is 0 Å². The van der Waals surface area contributed by atoms with Crippen molar-refractivity contribution in [3.05, 3.63) is 75.7 Å². The smallest absolute Gasteiger partial charge is 0.292 e. The number of carbonyl (C=O) groups excluding carboxylic acids is 2. The Balaban J connectivity index is 1.63. The van der Waals surface area contributed by atoms with Crippen molar-refractivity contribution < 1.29 is 14.3 Å². The van der Waals surface area contributed by atoms with E-state index in [9.17, 15) is 9.59 Å². The zero-order chi connectivity index (χ0) is 23.7. The minimum atomic E-state index is -0.697. The second-order valence-corrected chi connectivity index (χ2v) is 8.74. The lowest BCUT2D eigenvalue weighted by atomic mass is 9.90. The van der Waals surface area contributed by atoms with Crippen LogP contribution in [0.25, 0.3) is 0 Å². The molecule has 4 rings (SSSR count). The van der Waals surface area contributed by atoms with Gasteiger partial charge in [-0.25, -0.2) is 4.98 Å². The number of halogens is 2. The Labute approximate surface area is 201 Å². The van der Waals surface area contributed by atoms with Crippen molar-refractivity contribution in [1.29, 1.82) is 0 Å². The molecule has 3 heterocycles. The van der Waals surface area contributed by atoms with E-state index in [1.807, 2.05) is 36.9 Å². The number of nitrogens with one attached hydrogen (secondary N) is 1. The van der Waals surface area contributed by atoms with Gasteiger partial charge < -0.3 is 15.0 Å². The molecule has 0 spiro atoms. The van der Waals surface area contributed by atoms with Crippen LogP contribution < -0.4 is 15.0 Å². The lowest BCUT2D eigenvalue weighted by Gasteiger charge is -2.27. The predicted octanol–water partition coefficient (Wildman–Crippen LogP) is 4.80. The second kappa shape index (κ2) is 9.37. The van der Waals surface area contributed by atoms with Gasteiger partial charge in [-0.1, -0.05) is 40.9 Å². The molecule has 0 bridgehead atoms. The number of rotatable bonds is 6. The molecule has 0 fully saturated rings. The molecular weight excluding hydrogens is 463 g/mol. The highest BCUT2D eigenvalue weighted by Gasteiger charge is 2.42. The Morgan fingerprint density at radius 3 is 2.67 bits per heavy atom. The van der Waals surface area contributed by atoms with E-state index in [4.69, 9.17) is 27.9 Å². The number of pyridine rings is 2. The van der Waals surface area contributed by atoms with Crippen LogP contribution in [0.15, 0.2) is 48.8 Å². The summed E-state index contributed by atoms with van der Waals surface area (Å²) in [5.41, 5.74) is 3.76. The summed E-state index contributed by atoms with van der Waals surface area (Å²) in [5.74, 6) is -1.52. The molecule has 33 heavy (non-hydrogen) atoms. The normalized spacial score (nSPS) is 16.9. The van der Waals surface area contributed by atoms with Gasteiger partial charge in [0.15, 0.2) is 0 Å². The maximum Gasteiger partial charge on any atom is 0.292 e. The summed E-state index contributed by atoms with van der Waals surface area (Å²) < 4.78 is 5.08. The van der Waals surface area contributed by atoms with Crippen LogP contribution in [0.2, 0.25) is 10.0 Å². The standard InChI is InChI=1S/C24H22Cl2N4O3/c1-13-4-5-20-17(8-13)22(14(2)30(20)12-19-18(26)9-15(25)11-28-19)23(31)24(32)29-16-6-7-27-21(10-16)33-3/h4-11,14,22H,12H2,1-3H3,(H,27,29,32). The Bertz CT molecular complexity index is 1230. The lowest BCUT2D eigenvalue weighted by molar-refractivity contribution is -0.135. The summed E-state index contributed by atoms with van der Waals surface area (Å²) in [6, 6.07) is 10.4. The number of amides is 1. The van der Waals surface area contributed by atoms with Crippen molar-refractivity contribution in [3.8, 4) is 5.88 Å². The van der Waals surface area contributed by atoms with Gasteiger partial charge in [0.2, 0.25) is 11.7 Å². The molecule has 2 atom stereocenters. The van der Waals surface area contributed by atoms with E-state index in [2.05, 4.69) is 15.3 Å². The minimum absolute atomic E-state index is 0.291. The van der Waals surface area contributed by atoms with E-state index in [1.165, 1.54) is 13.3 Å². The van der Waals surface area contributed by atoms with Gasteiger partial charge >= 0.3 is 0 Å². The third-order valence-corrected chi connectivity index (χ3v) is 6.25. The highest BCUT2D eigenvalue weighted by atomic mass is 35.5. The third-order valence-electron chi connectivity index (χ3n) is 5.71. The number of nitrogens with zero attached hydrogens (tertiary/aromatic N) is 3. The van der Waals surface area contributed by atoms with Crippen molar-refractivity contribution in [3.63, 3.8) is 0 Å². The van der Waals surface area contributed by atoms with E-state index in [1.54, 1.807) is 24.4 Å². The zero-order valence-electron chi connectivity index (χ0n) is 18.3. The number of methoxy groups -OCH3 is 1. The number of hydrogen-bond donors (Lipinski definition) is 1. The Hall–Kier alpha value is -3.16. The van der Waals surface area contributed by atoms with Gasteiger partial charge in [0.25, 0.3) is 5.91 Å². The first-order valence-electron chi connectivity index (χ1n) is 10.3. The fourth-order valence-electron chi connectivity index (χ4n) is 4.09. The predicted molar refractivity (Wildman–Crippen MR) is 128 cm³/mol. The van der Waals surface area contributed by atoms with Crippen molar-refractivity contribution in [2.24, 2.45) is 0 Å². The number of aryl methyl sites for hydroxylation is 1. The molecule has 0 radical (unpaired) electrons. The van der Waals surface area contributed by atoms with Crippen molar-refractivity contribution >= 4 is 46.3 Å². The molecule has 1 N–H and O–H groups in total. The highest BCUT2D eigenvalue weighted by Crippen LogP contribution is 2.43. The molecule has 0 aliphatic carbocycles. The topological polar surface area (TPSA) is 84.4 Å². The number of benzene rings is 1. The molecule has 1 aliphatic heterocycles. The minimum Gasteiger partial charge on any atom is -0.481 e. The van der Waals surface area contributed by atoms with Gasteiger partial charge in [0.05, 0.1) is 35.3 Å². The van der Waals surface area contributed by atoms with Gasteiger partial charge in [0.1, 0.15) is 0 Å². The molecule has 9 heteroatoms. The van der Waals surface area contributed by atoms with Crippen molar-refractivity contribution in [2.75, 3.05) is 17.3 Å². The van der Waals surface area contributed by atoms with Crippen LogP contribution >= 0.6 is 23.2 Å². The van der Waals surface area contributed by atoms with E-state index < -0.39 is 17.6 Å². The number of hydrogen-bond acceptors (Lipinski definition) is 6. The number of aromatic nitrogens is 2. The van der Waals surface area contributed by atoms with E-state index in [0.717, 1.165) is 16.8 Å². The Morgan fingerprint density at radius 1 is 1.15 bits per heavy atom. The van der Waals surface area contributed by atoms with E-state index in [0.29, 0.717) is 33.9 Å². The summed E-state index contributed by atoms with van der Waals surface area (Å²) in [7, 11) is 1.48. The SMILES string of the molecule is COc1cc(NC(=O)C(=O)C2c3cc(C)ccc3N(Cc3ncc(Cl)cc3Cl)C2C)ccn1. The monoisotopic (exact) mass is 484 g/mol. The quantitative estimate of drug-likeness (QED) is 0.505. The van der Waals surface area contributed by atoms with Crippen molar-refractivity contribution in [1.82, 2.24) is 9.97 Å². The van der Waals surface area contributed by atoms with Crippen molar-refractivity contribution in [2.45, 2.75) is 32.4 Å². The number of fused-ring (bicyclic) bond motifs is 1. The number of ether oxygens (including phenoxy) is 1. The van der Waals surface area contributed by atoms with Crippen LogP contribution in [0.1, 0.15) is 29.7 Å². The molecule has 0 saturated heterocycles. The molecule has 1 aliphatic rings. The summed E-state index contributed by atoms with van der Waals surface area (Å²) in [5, 5.41) is 3.56. The number of anilines is 2. The third kappa shape index (κ3) is 4.65. The second-order valence-electron chi connectivity index (χ2n) is 7.90. The summed E-state index contributed by atoms with van der Waals surface area (Å²) in [4.78, 5) is 36.7. The van der Waals surface area contributed by atoms with Crippen LogP contribution in [0.3, 0.4) is 0 Å². The zero-order valence-corrected chi connectivity index (χ0v) is 19.8. The average molecular weight is 485 g/mol. The first-order valence-corrected chi connectivity index (χ1v) is 11.1. The molecule has 0 saturated carbocycles. The molecule has 1 aromatic carbocycles. The summed E-state index contributed by atoms with van der Waals surface area (Å²) >= 11 is 12.3. The fraction of sp³-hybridized carbons (Fsp3) is 0.250. The lowest BCUT2D eigenvalue weighted by Crippen LogP contribution is -2.38. The van der Waals surface area contributed by atoms with E-state index >= 15 is 0 Å². The van der Waals surface area contributed by atoms with Crippen LogP contribution in [0.4, 0.5) is 11.4 Å². The van der Waals surface area contributed by atoms with Crippen LogP contribution in [0.5, 0.6) is 5.88 Å². The van der Waals surface area contributed by atoms with Gasteiger partial charge in [-0.2, -0.15) is 0 Å². The Morgan fingerprint density at radius 2 is 1.94 bits per heavy atom. The molecule has 3 aromatic rings. The number of ketones is 1. The molecular formula is C24H22Cl2N4O3. The van der Waals surface area contributed by atoms with Crippen LogP contribution in [-0.2, 0) is 16.1 Å². The van der Waals surface area contributed by atoms with Gasteiger partial charge in [-0.3, -0.25) is 14.6 Å². The molecule has 170 valence electrons. The molecule has 7 nitrogen and oxygen atoms in total. The van der Waals surface area contributed by atoms with Crippen LogP contribution in [0, 0.1) is 6.92 Å². The maximum absolute atomic E-state index is 13.4. The first kappa shape index (κ1) is 23.0.